The molecule has 0 fully saturated rings. The number of aromatic nitrogens is 2. The van der Waals surface area contributed by atoms with Crippen molar-refractivity contribution < 1.29 is 8.42 Å². The van der Waals surface area contributed by atoms with Gasteiger partial charge in [0, 0.05) is 15.2 Å². The summed E-state index contributed by atoms with van der Waals surface area (Å²) in [6, 6.07) is 7.36. The number of benzene rings is 1. The topological polar surface area (TPSA) is 52.0 Å². The van der Waals surface area contributed by atoms with E-state index in [4.69, 9.17) is 10.7 Å². The van der Waals surface area contributed by atoms with Gasteiger partial charge in [-0.1, -0.05) is 15.9 Å². The van der Waals surface area contributed by atoms with Crippen LogP contribution in [0.15, 0.2) is 39.8 Å². The molecule has 0 spiro atoms. The summed E-state index contributed by atoms with van der Waals surface area (Å²) in [4.78, 5) is 0.0297. The molecule has 7 heteroatoms. The van der Waals surface area contributed by atoms with E-state index in [1.807, 2.05) is 24.3 Å². The van der Waals surface area contributed by atoms with Crippen molar-refractivity contribution in [3.05, 3.63) is 40.6 Å². The summed E-state index contributed by atoms with van der Waals surface area (Å²) in [6.07, 6.45) is 1.25. The van der Waals surface area contributed by atoms with Gasteiger partial charge in [-0.3, -0.25) is 0 Å². The number of nitrogens with zero attached hydrogens (tertiary/aromatic N) is 2. The second-order valence-electron chi connectivity index (χ2n) is 3.42. The van der Waals surface area contributed by atoms with Crippen molar-refractivity contribution >= 4 is 35.7 Å². The third-order valence-electron chi connectivity index (χ3n) is 2.30. The van der Waals surface area contributed by atoms with E-state index in [1.165, 1.54) is 10.9 Å². The molecule has 0 bridgehead atoms. The standard InChI is InChI=1S/C10H8BrClN2O2S/c1-7-10(17(12,15)16)6-13-14(7)9-4-2-8(11)3-5-9/h2-6H,1H3. The molecule has 0 saturated heterocycles. The van der Waals surface area contributed by atoms with Crippen LogP contribution in [0.4, 0.5) is 0 Å². The fourth-order valence-electron chi connectivity index (χ4n) is 1.48. The second kappa shape index (κ2) is 4.44. The molecule has 1 aromatic heterocycles. The van der Waals surface area contributed by atoms with Crippen LogP contribution in [0.25, 0.3) is 5.69 Å². The first-order valence-corrected chi connectivity index (χ1v) is 7.75. The molecule has 0 aliphatic rings. The van der Waals surface area contributed by atoms with E-state index in [-0.39, 0.29) is 4.90 Å². The molecule has 0 aliphatic carbocycles. The summed E-state index contributed by atoms with van der Waals surface area (Å²) in [5.41, 5.74) is 1.26. The molecule has 0 amide bonds. The van der Waals surface area contributed by atoms with Crippen LogP contribution < -0.4 is 0 Å². The van der Waals surface area contributed by atoms with Crippen molar-refractivity contribution in [3.63, 3.8) is 0 Å². The normalized spacial score (nSPS) is 11.7. The van der Waals surface area contributed by atoms with Crippen molar-refractivity contribution in [1.82, 2.24) is 9.78 Å². The van der Waals surface area contributed by atoms with E-state index in [2.05, 4.69) is 21.0 Å². The van der Waals surface area contributed by atoms with Gasteiger partial charge in [0.25, 0.3) is 9.05 Å². The lowest BCUT2D eigenvalue weighted by Crippen LogP contribution is -2.00. The smallest absolute Gasteiger partial charge is 0.237 e. The highest BCUT2D eigenvalue weighted by Gasteiger charge is 2.18. The number of halogens is 2. The molecular weight excluding hydrogens is 328 g/mol. The Morgan fingerprint density at radius 3 is 2.35 bits per heavy atom. The first-order chi connectivity index (χ1) is 7.89. The van der Waals surface area contributed by atoms with Gasteiger partial charge in [-0.05, 0) is 31.2 Å². The van der Waals surface area contributed by atoms with E-state index in [9.17, 15) is 8.42 Å². The molecule has 2 rings (SSSR count). The minimum Gasteiger partial charge on any atom is -0.237 e. The summed E-state index contributed by atoms with van der Waals surface area (Å²) < 4.78 is 25.0. The Morgan fingerprint density at radius 2 is 1.88 bits per heavy atom. The molecule has 0 saturated carbocycles. The van der Waals surface area contributed by atoms with Crippen LogP contribution in [0.2, 0.25) is 0 Å². The summed E-state index contributed by atoms with van der Waals surface area (Å²) in [6.45, 7) is 1.66. The van der Waals surface area contributed by atoms with Crippen molar-refractivity contribution in [2.75, 3.05) is 0 Å². The molecule has 90 valence electrons. The van der Waals surface area contributed by atoms with Crippen LogP contribution in [-0.2, 0) is 9.05 Å². The van der Waals surface area contributed by atoms with Gasteiger partial charge >= 0.3 is 0 Å². The SMILES string of the molecule is Cc1c(S(=O)(=O)Cl)cnn1-c1ccc(Br)cc1. The van der Waals surface area contributed by atoms with Crippen molar-refractivity contribution in [2.24, 2.45) is 0 Å². The first-order valence-electron chi connectivity index (χ1n) is 4.65. The van der Waals surface area contributed by atoms with E-state index in [1.54, 1.807) is 6.92 Å². The Labute approximate surface area is 112 Å². The van der Waals surface area contributed by atoms with Crippen molar-refractivity contribution in [2.45, 2.75) is 11.8 Å². The van der Waals surface area contributed by atoms with Crippen LogP contribution in [0.5, 0.6) is 0 Å². The lowest BCUT2D eigenvalue weighted by molar-refractivity contribution is 0.609. The van der Waals surface area contributed by atoms with E-state index in [0.717, 1.165) is 10.2 Å². The van der Waals surface area contributed by atoms with Gasteiger partial charge in [-0.15, -0.1) is 0 Å². The van der Waals surface area contributed by atoms with Gasteiger partial charge in [-0.25, -0.2) is 13.1 Å². The molecule has 17 heavy (non-hydrogen) atoms. The van der Waals surface area contributed by atoms with Crippen LogP contribution in [-0.4, -0.2) is 18.2 Å². The fourth-order valence-corrected chi connectivity index (χ4v) is 2.81. The molecule has 0 atom stereocenters. The number of hydrogen-bond acceptors (Lipinski definition) is 3. The van der Waals surface area contributed by atoms with Crippen molar-refractivity contribution in [3.8, 4) is 5.69 Å². The minimum atomic E-state index is -3.75. The monoisotopic (exact) mass is 334 g/mol. The predicted octanol–water partition coefficient (Wildman–Crippen LogP) is 2.87. The highest BCUT2D eigenvalue weighted by molar-refractivity contribution is 9.10. The molecule has 0 aliphatic heterocycles. The summed E-state index contributed by atoms with van der Waals surface area (Å²) in [5.74, 6) is 0. The largest absolute Gasteiger partial charge is 0.264 e. The van der Waals surface area contributed by atoms with Gasteiger partial charge in [0.2, 0.25) is 0 Å². The Hall–Kier alpha value is -0.850. The van der Waals surface area contributed by atoms with Gasteiger partial charge < -0.3 is 0 Å². The molecule has 1 heterocycles. The first kappa shape index (κ1) is 12.6. The summed E-state index contributed by atoms with van der Waals surface area (Å²) >= 11 is 3.33. The lowest BCUT2D eigenvalue weighted by Gasteiger charge is -2.04. The molecular formula is C10H8BrClN2O2S. The Balaban J connectivity index is 2.55. The van der Waals surface area contributed by atoms with Crippen molar-refractivity contribution in [1.29, 1.82) is 0 Å². The van der Waals surface area contributed by atoms with Gasteiger partial charge in [-0.2, -0.15) is 5.10 Å². The third-order valence-corrected chi connectivity index (χ3v) is 4.25. The maximum Gasteiger partial charge on any atom is 0.264 e. The molecule has 0 radical (unpaired) electrons. The zero-order valence-electron chi connectivity index (χ0n) is 8.76. The van der Waals surface area contributed by atoms with Crippen LogP contribution >= 0.6 is 26.6 Å². The number of rotatable bonds is 2. The average Bonchev–Trinajstić information content (AvgIpc) is 2.61. The second-order valence-corrected chi connectivity index (χ2v) is 6.87. The van der Waals surface area contributed by atoms with Crippen LogP contribution in [0.1, 0.15) is 5.69 Å². The Kier molecular flexibility index (Phi) is 3.29. The van der Waals surface area contributed by atoms with E-state index >= 15 is 0 Å². The zero-order valence-corrected chi connectivity index (χ0v) is 11.9. The average molecular weight is 336 g/mol. The van der Waals surface area contributed by atoms with E-state index in [0.29, 0.717) is 5.69 Å². The van der Waals surface area contributed by atoms with Gasteiger partial charge in [0.15, 0.2) is 0 Å². The highest BCUT2D eigenvalue weighted by atomic mass is 79.9. The number of hydrogen-bond donors (Lipinski definition) is 0. The lowest BCUT2D eigenvalue weighted by atomic mass is 10.3. The fraction of sp³-hybridized carbons (Fsp3) is 0.100. The Bertz CT molecular complexity index is 649. The third kappa shape index (κ3) is 2.53. The molecule has 0 unspecified atom stereocenters. The maximum atomic E-state index is 11.3. The van der Waals surface area contributed by atoms with E-state index < -0.39 is 9.05 Å². The zero-order chi connectivity index (χ0) is 12.6. The summed E-state index contributed by atoms with van der Waals surface area (Å²) in [7, 11) is 1.55. The van der Waals surface area contributed by atoms with Crippen LogP contribution in [0.3, 0.4) is 0 Å². The maximum absolute atomic E-state index is 11.3. The molecule has 2 aromatic rings. The highest BCUT2D eigenvalue weighted by Crippen LogP contribution is 2.22. The predicted molar refractivity (Wildman–Crippen MR) is 69.0 cm³/mol. The molecule has 1 aromatic carbocycles. The summed E-state index contributed by atoms with van der Waals surface area (Å²) in [5, 5.41) is 4.02. The Morgan fingerprint density at radius 1 is 1.29 bits per heavy atom. The quantitative estimate of drug-likeness (QED) is 0.793. The van der Waals surface area contributed by atoms with Gasteiger partial charge in [0.05, 0.1) is 17.6 Å². The van der Waals surface area contributed by atoms with Crippen LogP contribution in [0, 0.1) is 6.92 Å². The van der Waals surface area contributed by atoms with Gasteiger partial charge in [0.1, 0.15) is 4.90 Å². The molecule has 0 N–H and O–H groups in total. The minimum absolute atomic E-state index is 0.0297. The molecule has 4 nitrogen and oxygen atoms in total.